The second-order valence-electron chi connectivity index (χ2n) is 2.62. The van der Waals surface area contributed by atoms with Crippen LogP contribution < -0.4 is 10.7 Å². The molecule has 0 saturated carbocycles. The molecule has 4 nitrogen and oxygen atoms in total. The third-order valence-corrected chi connectivity index (χ3v) is 2.24. The van der Waals surface area contributed by atoms with Crippen molar-refractivity contribution in [1.82, 2.24) is 4.98 Å². The minimum absolute atomic E-state index is 0.216. The Kier molecular flexibility index (Phi) is 1.88. The molecule has 1 aliphatic heterocycles. The molecular formula is C8H5BrN2O2. The molecule has 0 fully saturated rings. The van der Waals surface area contributed by atoms with Gasteiger partial charge in [0.2, 0.25) is 0 Å². The molecule has 0 aliphatic carbocycles. The number of carboxylic acid groups (broad SMARTS) is 1. The summed E-state index contributed by atoms with van der Waals surface area (Å²) in [4.78, 5) is 18.7. The molecule has 0 saturated heterocycles. The van der Waals surface area contributed by atoms with E-state index in [1.54, 1.807) is 12.3 Å². The van der Waals surface area contributed by atoms with Crippen LogP contribution in [0.4, 0.5) is 0 Å². The third kappa shape index (κ3) is 1.35. The highest BCUT2D eigenvalue weighted by molar-refractivity contribution is 9.10. The first-order valence-corrected chi connectivity index (χ1v) is 4.40. The third-order valence-electron chi connectivity index (χ3n) is 1.80. The van der Waals surface area contributed by atoms with Gasteiger partial charge in [-0.05, 0) is 22.0 Å². The van der Waals surface area contributed by atoms with Gasteiger partial charge in [-0.15, -0.1) is 0 Å². The lowest BCUT2D eigenvalue weighted by atomic mass is 10.2. The van der Waals surface area contributed by atoms with Crippen molar-refractivity contribution in [3.8, 4) is 0 Å². The number of hydrogen-bond acceptors (Lipinski definition) is 3. The van der Waals surface area contributed by atoms with Gasteiger partial charge in [-0.3, -0.25) is 4.99 Å². The van der Waals surface area contributed by atoms with E-state index in [2.05, 4.69) is 25.9 Å². The van der Waals surface area contributed by atoms with E-state index in [9.17, 15) is 4.79 Å². The molecule has 0 amide bonds. The maximum atomic E-state index is 10.7. The predicted octanol–water partition coefficient (Wildman–Crippen LogP) is -0.287. The van der Waals surface area contributed by atoms with Crippen LogP contribution in [-0.4, -0.2) is 22.6 Å². The Hall–Kier alpha value is -1.23. The zero-order valence-electron chi connectivity index (χ0n) is 6.49. The van der Waals surface area contributed by atoms with Gasteiger partial charge >= 0.3 is 5.97 Å². The Morgan fingerprint density at radius 2 is 2.38 bits per heavy atom. The molecule has 0 spiro atoms. The highest BCUT2D eigenvalue weighted by Gasteiger charge is 2.13. The summed E-state index contributed by atoms with van der Waals surface area (Å²) in [5.74, 6) is -0.928. The van der Waals surface area contributed by atoms with E-state index in [1.165, 1.54) is 0 Å². The predicted molar refractivity (Wildman–Crippen MR) is 48.6 cm³/mol. The van der Waals surface area contributed by atoms with E-state index in [1.807, 2.05) is 0 Å². The van der Waals surface area contributed by atoms with Crippen LogP contribution in [0.1, 0.15) is 0 Å². The maximum Gasteiger partial charge on any atom is 0.334 e. The Balaban J connectivity index is 2.82. The quantitative estimate of drug-likeness (QED) is 0.735. The lowest BCUT2D eigenvalue weighted by molar-refractivity contribution is -0.130. The van der Waals surface area contributed by atoms with Crippen molar-refractivity contribution < 1.29 is 9.90 Å². The lowest BCUT2D eigenvalue weighted by Gasteiger charge is -1.90. The van der Waals surface area contributed by atoms with E-state index >= 15 is 0 Å². The number of nitrogens with zero attached hydrogens (tertiary/aromatic N) is 2. The first-order valence-electron chi connectivity index (χ1n) is 3.61. The van der Waals surface area contributed by atoms with Crippen molar-refractivity contribution in [2.45, 2.75) is 0 Å². The largest absolute Gasteiger partial charge is 0.478 e. The Morgan fingerprint density at radius 3 is 3.08 bits per heavy atom. The normalized spacial score (nSPS) is 13.8. The zero-order valence-corrected chi connectivity index (χ0v) is 8.08. The molecule has 1 aromatic heterocycles. The van der Waals surface area contributed by atoms with Crippen molar-refractivity contribution in [1.29, 1.82) is 0 Å². The Labute approximate surface area is 81.8 Å². The first-order chi connectivity index (χ1) is 6.18. The SMILES string of the molecule is O=C(O)C1=c2cc(Br)cnc2=NC1. The number of pyridine rings is 1. The van der Waals surface area contributed by atoms with Crippen molar-refractivity contribution in [2.24, 2.45) is 4.99 Å². The molecule has 0 atom stereocenters. The molecule has 0 radical (unpaired) electrons. The van der Waals surface area contributed by atoms with E-state index in [-0.39, 0.29) is 6.54 Å². The van der Waals surface area contributed by atoms with E-state index in [0.717, 1.165) is 4.47 Å². The molecule has 2 heterocycles. The Morgan fingerprint density at radius 1 is 1.62 bits per heavy atom. The number of carboxylic acids is 1. The van der Waals surface area contributed by atoms with Crippen LogP contribution in [0, 0.1) is 0 Å². The number of carbonyl (C=O) groups is 1. The fraction of sp³-hybridized carbons (Fsp3) is 0.125. The van der Waals surface area contributed by atoms with Gasteiger partial charge in [-0.2, -0.15) is 0 Å². The minimum Gasteiger partial charge on any atom is -0.478 e. The molecule has 13 heavy (non-hydrogen) atoms. The molecule has 5 heteroatoms. The fourth-order valence-electron chi connectivity index (χ4n) is 1.20. The topological polar surface area (TPSA) is 62.5 Å². The van der Waals surface area contributed by atoms with E-state index in [0.29, 0.717) is 16.3 Å². The van der Waals surface area contributed by atoms with Gasteiger partial charge in [0.1, 0.15) is 0 Å². The molecule has 1 aromatic rings. The van der Waals surface area contributed by atoms with Crippen LogP contribution in [0.25, 0.3) is 5.57 Å². The molecule has 1 N–H and O–H groups in total. The van der Waals surface area contributed by atoms with E-state index in [4.69, 9.17) is 5.11 Å². The van der Waals surface area contributed by atoms with Gasteiger partial charge in [0.15, 0.2) is 5.49 Å². The smallest absolute Gasteiger partial charge is 0.334 e. The van der Waals surface area contributed by atoms with Crippen LogP contribution in [0.15, 0.2) is 21.7 Å². The first kappa shape index (κ1) is 8.37. The van der Waals surface area contributed by atoms with Crippen LogP contribution in [-0.2, 0) is 4.79 Å². The summed E-state index contributed by atoms with van der Waals surface area (Å²) in [7, 11) is 0. The summed E-state index contributed by atoms with van der Waals surface area (Å²) in [5.41, 5.74) is 0.824. The molecule has 1 aliphatic rings. The summed E-state index contributed by atoms with van der Waals surface area (Å²) in [6, 6.07) is 1.72. The number of rotatable bonds is 1. The average Bonchev–Trinajstić information content (AvgIpc) is 2.46. The monoisotopic (exact) mass is 240 g/mol. The summed E-state index contributed by atoms with van der Waals surface area (Å²) in [6.45, 7) is 0.216. The second-order valence-corrected chi connectivity index (χ2v) is 3.54. The van der Waals surface area contributed by atoms with Gasteiger partial charge in [-0.25, -0.2) is 9.78 Å². The highest BCUT2D eigenvalue weighted by atomic mass is 79.9. The number of hydrogen-bond donors (Lipinski definition) is 1. The van der Waals surface area contributed by atoms with Crippen LogP contribution in [0.3, 0.4) is 0 Å². The summed E-state index contributed by atoms with van der Waals surface area (Å²) in [5, 5.41) is 9.42. The molecule has 0 unspecified atom stereocenters. The number of aliphatic carboxylic acids is 1. The van der Waals surface area contributed by atoms with Crippen molar-refractivity contribution >= 4 is 27.5 Å². The summed E-state index contributed by atoms with van der Waals surface area (Å²) in [6.07, 6.45) is 1.60. The van der Waals surface area contributed by atoms with Crippen LogP contribution in [0.5, 0.6) is 0 Å². The lowest BCUT2D eigenvalue weighted by Crippen LogP contribution is -2.27. The van der Waals surface area contributed by atoms with Gasteiger partial charge in [0.05, 0.1) is 12.1 Å². The zero-order chi connectivity index (χ0) is 9.42. The number of aromatic nitrogens is 1. The minimum atomic E-state index is -0.928. The van der Waals surface area contributed by atoms with Crippen molar-refractivity contribution in [3.63, 3.8) is 0 Å². The maximum absolute atomic E-state index is 10.7. The van der Waals surface area contributed by atoms with E-state index < -0.39 is 5.97 Å². The number of fused-ring (bicyclic) bond motifs is 1. The molecule has 0 bridgehead atoms. The summed E-state index contributed by atoms with van der Waals surface area (Å²) < 4.78 is 0.766. The highest BCUT2D eigenvalue weighted by Crippen LogP contribution is 2.03. The fourth-order valence-corrected chi connectivity index (χ4v) is 1.53. The van der Waals surface area contributed by atoms with Crippen molar-refractivity contribution in [2.75, 3.05) is 6.54 Å². The number of halogens is 1. The summed E-state index contributed by atoms with van der Waals surface area (Å²) >= 11 is 3.23. The van der Waals surface area contributed by atoms with Crippen LogP contribution >= 0.6 is 15.9 Å². The van der Waals surface area contributed by atoms with Gasteiger partial charge in [0, 0.05) is 15.9 Å². The Bertz CT molecular complexity index is 495. The van der Waals surface area contributed by atoms with Crippen molar-refractivity contribution in [3.05, 3.63) is 27.4 Å². The second kappa shape index (κ2) is 2.92. The molecule has 2 rings (SSSR count). The van der Waals surface area contributed by atoms with Gasteiger partial charge in [-0.1, -0.05) is 0 Å². The standard InChI is InChI=1S/C8H5BrN2O2/c9-4-1-5-6(8(12)13)3-11-7(5)10-2-4/h1-2H,3H2,(H,12,13). The van der Waals surface area contributed by atoms with Gasteiger partial charge in [0.25, 0.3) is 0 Å². The molecule has 0 aromatic carbocycles. The molecule has 66 valence electrons. The van der Waals surface area contributed by atoms with Crippen LogP contribution in [0.2, 0.25) is 0 Å². The van der Waals surface area contributed by atoms with Gasteiger partial charge < -0.3 is 5.11 Å². The molecular weight excluding hydrogens is 236 g/mol. The average molecular weight is 241 g/mol.